The summed E-state index contributed by atoms with van der Waals surface area (Å²) in [6.45, 7) is 3.47. The van der Waals surface area contributed by atoms with Crippen LogP contribution in [-0.2, 0) is 11.2 Å². The quantitative estimate of drug-likeness (QED) is 0.290. The Morgan fingerprint density at radius 1 is 1.00 bits per heavy atom. The molecule has 7 rings (SSSR count). The Kier molecular flexibility index (Phi) is 7.57. The van der Waals surface area contributed by atoms with Gasteiger partial charge in [0.25, 0.3) is 0 Å². The lowest BCUT2D eigenvalue weighted by molar-refractivity contribution is 0.0107. The molecule has 200 valence electrons. The van der Waals surface area contributed by atoms with Crippen LogP contribution in [0.2, 0.25) is 0 Å². The predicted molar refractivity (Wildman–Crippen MR) is 154 cm³/mol. The van der Waals surface area contributed by atoms with E-state index in [1.54, 1.807) is 7.11 Å². The molecule has 4 saturated carbocycles. The van der Waals surface area contributed by atoms with Crippen molar-refractivity contribution in [2.75, 3.05) is 25.6 Å². The molecule has 4 nitrogen and oxygen atoms in total. The average Bonchev–Trinajstić information content (AvgIpc) is 2.87. The number of hydrogen-bond acceptors (Lipinski definition) is 4. The number of methoxy groups -OCH3 is 1. The maximum atomic E-state index is 5.96. The van der Waals surface area contributed by atoms with Gasteiger partial charge in [0.15, 0.2) is 0 Å². The molecule has 0 amide bonds. The lowest BCUT2D eigenvalue weighted by Gasteiger charge is -2.57. The van der Waals surface area contributed by atoms with Crippen LogP contribution in [0, 0.1) is 17.8 Å². The maximum Gasteiger partial charge on any atom is 0.119 e. The molecular weight excluding hydrogens is 524 g/mol. The molecule has 2 N–H and O–H groups in total. The van der Waals surface area contributed by atoms with Crippen molar-refractivity contribution in [2.45, 2.75) is 88.8 Å². The molecule has 5 heteroatoms. The number of nitrogens with one attached hydrogen (secondary N) is 2. The largest absolute Gasteiger partial charge is 0.491 e. The summed E-state index contributed by atoms with van der Waals surface area (Å²) in [5, 5.41) is 8.08. The molecular formula is C32H43BrN2O2. The molecule has 5 aliphatic rings. The van der Waals surface area contributed by atoms with Crippen LogP contribution in [-0.4, -0.2) is 31.9 Å². The van der Waals surface area contributed by atoms with Crippen LogP contribution in [0.5, 0.6) is 5.75 Å². The molecule has 0 aromatic heterocycles. The van der Waals surface area contributed by atoms with Gasteiger partial charge in [-0.1, -0.05) is 31.9 Å². The summed E-state index contributed by atoms with van der Waals surface area (Å²) in [5.41, 5.74) is 5.70. The smallest absolute Gasteiger partial charge is 0.119 e. The van der Waals surface area contributed by atoms with E-state index in [1.165, 1.54) is 84.6 Å². The monoisotopic (exact) mass is 566 g/mol. The zero-order valence-corrected chi connectivity index (χ0v) is 24.1. The van der Waals surface area contributed by atoms with Crippen LogP contribution >= 0.6 is 15.9 Å². The highest BCUT2D eigenvalue weighted by molar-refractivity contribution is 9.10. The van der Waals surface area contributed by atoms with Crippen molar-refractivity contribution in [3.05, 3.63) is 57.6 Å². The van der Waals surface area contributed by atoms with Gasteiger partial charge in [-0.05, 0) is 126 Å². The normalized spacial score (nSPS) is 31.8. The number of rotatable bonds is 10. The van der Waals surface area contributed by atoms with Gasteiger partial charge in [-0.25, -0.2) is 0 Å². The van der Waals surface area contributed by atoms with Crippen LogP contribution < -0.4 is 15.4 Å². The summed E-state index contributed by atoms with van der Waals surface area (Å²) in [6.07, 6.45) is 13.3. The van der Waals surface area contributed by atoms with Crippen LogP contribution in [0.3, 0.4) is 0 Å². The standard InChI is InChI=1S/C32H43BrN2O2/c1-3-4-5-26-15-25-16-27(37-11-10-36-2)7-8-28(25)31(34-26)24-6-9-30(29(33)17-24)35-32-18-21-12-22(19-32)14-23(13-21)20-32/h6-9,16-17,21-23,26,31,34-35H,3-5,10-15,18-20H2,1-2H3/t21?,22?,23?,26-,31-,32?/m0/s1. The zero-order chi connectivity index (χ0) is 25.4. The second kappa shape index (κ2) is 10.9. The number of benzene rings is 2. The van der Waals surface area contributed by atoms with E-state index in [-0.39, 0.29) is 6.04 Å². The van der Waals surface area contributed by atoms with Gasteiger partial charge >= 0.3 is 0 Å². The third kappa shape index (κ3) is 5.46. The van der Waals surface area contributed by atoms with Crippen molar-refractivity contribution >= 4 is 21.6 Å². The molecule has 4 fully saturated rings. The Labute approximate surface area is 231 Å². The van der Waals surface area contributed by atoms with E-state index in [2.05, 4.69) is 69.9 Å². The van der Waals surface area contributed by atoms with Gasteiger partial charge in [0, 0.05) is 28.9 Å². The molecule has 4 bridgehead atoms. The predicted octanol–water partition coefficient (Wildman–Crippen LogP) is 7.65. The number of unbranched alkanes of at least 4 members (excludes halogenated alkanes) is 1. The molecule has 0 saturated heterocycles. The minimum absolute atomic E-state index is 0.198. The summed E-state index contributed by atoms with van der Waals surface area (Å²) in [4.78, 5) is 0. The Morgan fingerprint density at radius 2 is 1.76 bits per heavy atom. The van der Waals surface area contributed by atoms with Crippen molar-refractivity contribution in [3.8, 4) is 5.75 Å². The first kappa shape index (κ1) is 25.7. The lowest BCUT2D eigenvalue weighted by atomic mass is 9.53. The highest BCUT2D eigenvalue weighted by Crippen LogP contribution is 2.57. The molecule has 0 unspecified atom stereocenters. The van der Waals surface area contributed by atoms with Gasteiger partial charge in [-0.15, -0.1) is 0 Å². The molecule has 1 aliphatic heterocycles. The fourth-order valence-corrected chi connectivity index (χ4v) is 8.79. The summed E-state index contributed by atoms with van der Waals surface area (Å²) in [7, 11) is 1.72. The maximum absolute atomic E-state index is 5.96. The van der Waals surface area contributed by atoms with E-state index in [9.17, 15) is 0 Å². The summed E-state index contributed by atoms with van der Waals surface area (Å²) < 4.78 is 12.3. The number of anilines is 1. The number of ether oxygens (including phenoxy) is 2. The summed E-state index contributed by atoms with van der Waals surface area (Å²) in [6, 6.07) is 14.4. The fraction of sp³-hybridized carbons (Fsp3) is 0.625. The molecule has 0 spiro atoms. The van der Waals surface area contributed by atoms with E-state index < -0.39 is 0 Å². The number of fused-ring (bicyclic) bond motifs is 1. The van der Waals surface area contributed by atoms with Crippen LogP contribution in [0.4, 0.5) is 5.69 Å². The van der Waals surface area contributed by atoms with Crippen molar-refractivity contribution in [1.29, 1.82) is 0 Å². The van der Waals surface area contributed by atoms with Gasteiger partial charge in [-0.2, -0.15) is 0 Å². The summed E-state index contributed by atoms with van der Waals surface area (Å²) in [5.74, 6) is 3.79. The van der Waals surface area contributed by atoms with Crippen LogP contribution in [0.1, 0.15) is 87.4 Å². The zero-order valence-electron chi connectivity index (χ0n) is 22.5. The second-order valence-electron chi connectivity index (χ2n) is 12.4. The minimum atomic E-state index is 0.198. The van der Waals surface area contributed by atoms with E-state index >= 15 is 0 Å². The van der Waals surface area contributed by atoms with Gasteiger partial charge in [0.1, 0.15) is 12.4 Å². The molecule has 4 aliphatic carbocycles. The molecule has 2 aromatic rings. The molecule has 37 heavy (non-hydrogen) atoms. The first-order valence-corrected chi connectivity index (χ1v) is 15.4. The first-order chi connectivity index (χ1) is 18.0. The van der Waals surface area contributed by atoms with Gasteiger partial charge < -0.3 is 20.1 Å². The Bertz CT molecular complexity index is 1070. The molecule has 1 heterocycles. The highest BCUT2D eigenvalue weighted by Gasteiger charge is 2.51. The number of halogens is 1. The minimum Gasteiger partial charge on any atom is -0.491 e. The van der Waals surface area contributed by atoms with Crippen molar-refractivity contribution in [3.63, 3.8) is 0 Å². The fourth-order valence-electron chi connectivity index (χ4n) is 8.30. The summed E-state index contributed by atoms with van der Waals surface area (Å²) >= 11 is 3.98. The first-order valence-electron chi connectivity index (χ1n) is 14.6. The molecule has 0 radical (unpaired) electrons. The molecule has 2 aromatic carbocycles. The van der Waals surface area contributed by atoms with Crippen LogP contribution in [0.15, 0.2) is 40.9 Å². The average molecular weight is 568 g/mol. The van der Waals surface area contributed by atoms with E-state index in [4.69, 9.17) is 9.47 Å². The van der Waals surface area contributed by atoms with Gasteiger partial charge in [-0.3, -0.25) is 0 Å². The van der Waals surface area contributed by atoms with E-state index in [1.807, 2.05) is 0 Å². The van der Waals surface area contributed by atoms with Crippen LogP contribution in [0.25, 0.3) is 0 Å². The number of hydrogen-bond donors (Lipinski definition) is 2. The Morgan fingerprint density at radius 3 is 2.43 bits per heavy atom. The second-order valence-corrected chi connectivity index (χ2v) is 13.3. The lowest BCUT2D eigenvalue weighted by Crippen LogP contribution is -2.54. The van der Waals surface area contributed by atoms with Gasteiger partial charge in [0.2, 0.25) is 0 Å². The van der Waals surface area contributed by atoms with E-state index in [0.717, 1.165) is 29.9 Å². The van der Waals surface area contributed by atoms with Crippen molar-refractivity contribution < 1.29 is 9.47 Å². The van der Waals surface area contributed by atoms with Crippen molar-refractivity contribution in [2.24, 2.45) is 17.8 Å². The third-order valence-electron chi connectivity index (χ3n) is 9.52. The Hall–Kier alpha value is -1.56. The Balaban J connectivity index is 1.24. The molecule has 2 atom stereocenters. The third-order valence-corrected chi connectivity index (χ3v) is 10.2. The van der Waals surface area contributed by atoms with Crippen molar-refractivity contribution in [1.82, 2.24) is 5.32 Å². The van der Waals surface area contributed by atoms with E-state index in [0.29, 0.717) is 24.8 Å². The topological polar surface area (TPSA) is 42.5 Å². The van der Waals surface area contributed by atoms with Gasteiger partial charge in [0.05, 0.1) is 12.6 Å². The highest BCUT2D eigenvalue weighted by atomic mass is 79.9. The SMILES string of the molecule is CCCC[C@H]1Cc2cc(OCCOC)ccc2[C@H](c2ccc(NC34CC5CC(CC(C5)C3)C4)c(Br)c2)N1.